The number of nitrogens with one attached hydrogen (secondary N) is 1. The number of ether oxygens (including phenoxy) is 1. The molecule has 3 amide bonds. The molecular formula is C27H27F5N8O4. The van der Waals surface area contributed by atoms with Crippen molar-refractivity contribution in [2.45, 2.75) is 62.7 Å². The van der Waals surface area contributed by atoms with Crippen LogP contribution in [0.1, 0.15) is 84.0 Å². The predicted octanol–water partition coefficient (Wildman–Crippen LogP) is 4.93. The number of urea groups is 1. The van der Waals surface area contributed by atoms with E-state index in [0.29, 0.717) is 29.8 Å². The summed E-state index contributed by atoms with van der Waals surface area (Å²) in [4.78, 5) is 34.6. The monoisotopic (exact) mass is 622 g/mol. The summed E-state index contributed by atoms with van der Waals surface area (Å²) in [7, 11) is 1.35. The van der Waals surface area contributed by atoms with Gasteiger partial charge in [-0.1, -0.05) is 5.16 Å². The quantitative estimate of drug-likeness (QED) is 0.332. The summed E-state index contributed by atoms with van der Waals surface area (Å²) in [5.41, 5.74) is 0.452. The van der Waals surface area contributed by atoms with Crippen molar-refractivity contribution in [1.29, 1.82) is 0 Å². The number of hydrogen-bond donors (Lipinski definition) is 1. The number of fused-ring (bicyclic) bond motifs is 1. The van der Waals surface area contributed by atoms with Crippen molar-refractivity contribution in [3.05, 3.63) is 52.8 Å². The van der Waals surface area contributed by atoms with E-state index < -0.39 is 48.5 Å². The maximum atomic E-state index is 13.4. The molecule has 3 aliphatic rings. The minimum atomic E-state index is -4.76. The number of amides is 3. The highest BCUT2D eigenvalue weighted by Crippen LogP contribution is 2.41. The third-order valence-electron chi connectivity index (χ3n) is 8.24. The van der Waals surface area contributed by atoms with Crippen LogP contribution in [-0.4, -0.2) is 73.9 Å². The van der Waals surface area contributed by atoms with Crippen molar-refractivity contribution < 1.29 is 40.9 Å². The zero-order valence-corrected chi connectivity index (χ0v) is 23.4. The van der Waals surface area contributed by atoms with Crippen LogP contribution in [0.5, 0.6) is 0 Å². The molecule has 2 atom stereocenters. The van der Waals surface area contributed by atoms with Gasteiger partial charge in [-0.3, -0.25) is 4.79 Å². The first-order valence-corrected chi connectivity index (χ1v) is 14.0. The lowest BCUT2D eigenvalue weighted by Crippen LogP contribution is -2.36. The SMILES string of the molecule is COC[C@H](c1cnn2cc([C@H](NC(=O)c3nonc3C3CC3)C3CCC(=C(F)F)CC3)nc2c1)N1CC(C(F)(F)F)=NC1=O. The lowest BCUT2D eigenvalue weighted by Gasteiger charge is -2.30. The third-order valence-corrected chi connectivity index (χ3v) is 8.24. The van der Waals surface area contributed by atoms with Crippen LogP contribution < -0.4 is 5.32 Å². The molecular weight excluding hydrogens is 595 g/mol. The Labute approximate surface area is 246 Å². The largest absolute Gasteiger partial charge is 0.431 e. The molecule has 1 N–H and O–H groups in total. The number of hydrogen-bond acceptors (Lipinski definition) is 8. The molecule has 2 aliphatic carbocycles. The van der Waals surface area contributed by atoms with E-state index in [1.807, 2.05) is 0 Å². The van der Waals surface area contributed by atoms with Crippen molar-refractivity contribution in [2.24, 2.45) is 10.9 Å². The van der Waals surface area contributed by atoms with Crippen molar-refractivity contribution in [2.75, 3.05) is 20.3 Å². The Morgan fingerprint density at radius 3 is 2.57 bits per heavy atom. The van der Waals surface area contributed by atoms with Crippen LogP contribution in [0, 0.1) is 5.92 Å². The van der Waals surface area contributed by atoms with Gasteiger partial charge in [0.05, 0.1) is 43.3 Å². The summed E-state index contributed by atoms with van der Waals surface area (Å²) in [6.07, 6.45) is -0.679. The highest BCUT2D eigenvalue weighted by molar-refractivity contribution is 6.05. The number of rotatable bonds is 9. The summed E-state index contributed by atoms with van der Waals surface area (Å²) in [6, 6.07) is -1.14. The van der Waals surface area contributed by atoms with Gasteiger partial charge in [0.2, 0.25) is 0 Å². The Hall–Kier alpha value is -4.28. The molecule has 6 rings (SSSR count). The zero-order chi connectivity index (χ0) is 31.2. The van der Waals surface area contributed by atoms with Crippen molar-refractivity contribution in [1.82, 2.24) is 35.1 Å². The first kappa shape index (κ1) is 29.8. The van der Waals surface area contributed by atoms with Crippen molar-refractivity contribution in [3.63, 3.8) is 0 Å². The Balaban J connectivity index is 1.30. The van der Waals surface area contributed by atoms with Crippen LogP contribution in [0.3, 0.4) is 0 Å². The zero-order valence-electron chi connectivity index (χ0n) is 23.4. The van der Waals surface area contributed by atoms with Gasteiger partial charge in [-0.05, 0) is 61.2 Å². The van der Waals surface area contributed by atoms with Gasteiger partial charge in [-0.2, -0.15) is 32.0 Å². The maximum Gasteiger partial charge on any atom is 0.431 e. The molecule has 0 aromatic carbocycles. The second kappa shape index (κ2) is 11.7. The number of nitrogens with zero attached hydrogens (tertiary/aromatic N) is 7. The summed E-state index contributed by atoms with van der Waals surface area (Å²) in [5.74, 6) is -0.694. The van der Waals surface area contributed by atoms with Crippen LogP contribution >= 0.6 is 0 Å². The normalized spacial score (nSPS) is 20.6. The molecule has 0 radical (unpaired) electrons. The molecule has 1 aliphatic heterocycles. The second-order valence-corrected chi connectivity index (χ2v) is 11.1. The fraction of sp³-hybridized carbons (Fsp3) is 0.519. The number of halogens is 5. The third kappa shape index (κ3) is 5.92. The molecule has 3 aromatic heterocycles. The number of aliphatic imine (C=N–C) groups is 1. The Morgan fingerprint density at radius 2 is 1.93 bits per heavy atom. The molecule has 3 aromatic rings. The van der Waals surface area contributed by atoms with Gasteiger partial charge in [0, 0.05) is 18.6 Å². The Morgan fingerprint density at radius 1 is 1.18 bits per heavy atom. The number of alkyl halides is 3. The molecule has 0 saturated heterocycles. The smallest absolute Gasteiger partial charge is 0.382 e. The summed E-state index contributed by atoms with van der Waals surface area (Å²) < 4.78 is 77.8. The van der Waals surface area contributed by atoms with E-state index in [0.717, 1.165) is 17.7 Å². The molecule has 0 unspecified atom stereocenters. The van der Waals surface area contributed by atoms with Gasteiger partial charge in [0.1, 0.15) is 11.4 Å². The molecule has 234 valence electrons. The van der Waals surface area contributed by atoms with Crippen LogP contribution in [0.15, 0.2) is 39.7 Å². The number of carbonyl (C=O) groups excluding carboxylic acids is 2. The summed E-state index contributed by atoms with van der Waals surface area (Å²) in [6.45, 7) is -0.874. The molecule has 12 nitrogen and oxygen atoms in total. The number of carbonyl (C=O) groups is 2. The highest BCUT2D eigenvalue weighted by Gasteiger charge is 2.44. The van der Waals surface area contributed by atoms with Gasteiger partial charge in [0.25, 0.3) is 12.0 Å². The van der Waals surface area contributed by atoms with Gasteiger partial charge in [-0.15, -0.1) is 0 Å². The number of aromatic nitrogens is 5. The molecule has 4 heterocycles. The summed E-state index contributed by atoms with van der Waals surface area (Å²) in [5, 5.41) is 15.0. The van der Waals surface area contributed by atoms with Gasteiger partial charge >= 0.3 is 12.2 Å². The second-order valence-electron chi connectivity index (χ2n) is 11.1. The van der Waals surface area contributed by atoms with Crippen LogP contribution in [-0.2, 0) is 4.74 Å². The first-order chi connectivity index (χ1) is 21.0. The Kier molecular flexibility index (Phi) is 7.89. The molecule has 2 saturated carbocycles. The molecule has 44 heavy (non-hydrogen) atoms. The number of allylic oxidation sites excluding steroid dienone is 1. The highest BCUT2D eigenvalue weighted by atomic mass is 19.4. The molecule has 2 fully saturated rings. The van der Waals surface area contributed by atoms with E-state index in [1.54, 1.807) is 12.3 Å². The van der Waals surface area contributed by atoms with E-state index in [9.17, 15) is 31.5 Å². The van der Waals surface area contributed by atoms with E-state index in [2.05, 4.69) is 30.7 Å². The van der Waals surface area contributed by atoms with E-state index in [1.165, 1.54) is 17.8 Å². The van der Waals surface area contributed by atoms with Crippen LogP contribution in [0.25, 0.3) is 5.65 Å². The van der Waals surface area contributed by atoms with E-state index in [-0.39, 0.29) is 48.2 Å². The average Bonchev–Trinajstić information content (AvgIpc) is 3.37. The van der Waals surface area contributed by atoms with Crippen molar-refractivity contribution >= 4 is 23.3 Å². The summed E-state index contributed by atoms with van der Waals surface area (Å²) >= 11 is 0. The molecule has 0 spiro atoms. The minimum absolute atomic E-state index is 0.0611. The molecule has 17 heteroatoms. The lowest BCUT2D eigenvalue weighted by molar-refractivity contribution is -0.0603. The van der Waals surface area contributed by atoms with Crippen molar-refractivity contribution in [3.8, 4) is 0 Å². The topological polar surface area (TPSA) is 140 Å². The van der Waals surface area contributed by atoms with Crippen LogP contribution in [0.4, 0.5) is 26.7 Å². The van der Waals surface area contributed by atoms with Gasteiger partial charge in [-0.25, -0.2) is 18.9 Å². The van der Waals surface area contributed by atoms with E-state index in [4.69, 9.17) is 9.37 Å². The average molecular weight is 623 g/mol. The number of methoxy groups -OCH3 is 1. The maximum absolute atomic E-state index is 13.4. The fourth-order valence-electron chi connectivity index (χ4n) is 5.74. The first-order valence-electron chi connectivity index (χ1n) is 14.0. The number of imidazole rings is 1. The standard InChI is InChI=1S/C27H27F5N8O4/c1-43-12-18(39-11-19(27(30,31)32)35-26(39)42)16-8-20-34-17(10-40(20)33-9-16)21(13-4-6-15(7-5-13)24(28)29)36-25(41)23-22(14-2-3-14)37-44-38-23/h8-10,13-14,18,21H,2-7,11-12H2,1H3,(H,36,41)/t18-,21-/m1/s1. The lowest BCUT2D eigenvalue weighted by atomic mass is 9.80. The van der Waals surface area contributed by atoms with Gasteiger partial charge in [0.15, 0.2) is 11.3 Å². The van der Waals surface area contributed by atoms with E-state index >= 15 is 0 Å². The van der Waals surface area contributed by atoms with Crippen LogP contribution in [0.2, 0.25) is 0 Å². The Bertz CT molecular complexity index is 1630. The fourth-order valence-corrected chi connectivity index (χ4v) is 5.74. The molecule has 0 bridgehead atoms. The minimum Gasteiger partial charge on any atom is -0.382 e. The predicted molar refractivity (Wildman–Crippen MR) is 141 cm³/mol. The van der Waals surface area contributed by atoms with Gasteiger partial charge < -0.3 is 15.0 Å².